The standard InChI is InChI=1S/C22H28N6O2S/c1-16-15-28(18-4-2-3-5-18)21-20(16)14-24-22(26-21)25-17-6-8-19(9-7-17)31(29,30)27-12-10-23-11-13-27/h6-9,14-15,18,23H,2-5,10-13H2,1H3,(H,24,25,26). The second-order valence-corrected chi connectivity index (χ2v) is 10.3. The van der Waals surface area contributed by atoms with Crippen LogP contribution in [0.4, 0.5) is 11.6 Å². The highest BCUT2D eigenvalue weighted by atomic mass is 32.2. The second kappa shape index (κ2) is 8.22. The zero-order valence-electron chi connectivity index (χ0n) is 17.7. The van der Waals surface area contributed by atoms with Gasteiger partial charge in [0.15, 0.2) is 0 Å². The van der Waals surface area contributed by atoms with E-state index in [1.54, 1.807) is 24.3 Å². The molecule has 0 spiro atoms. The monoisotopic (exact) mass is 440 g/mol. The van der Waals surface area contributed by atoms with Crippen LogP contribution in [0.1, 0.15) is 37.3 Å². The first-order valence-electron chi connectivity index (χ1n) is 10.9. The van der Waals surface area contributed by atoms with Crippen molar-refractivity contribution in [3.63, 3.8) is 0 Å². The van der Waals surface area contributed by atoms with Crippen LogP contribution >= 0.6 is 0 Å². The highest BCUT2D eigenvalue weighted by Gasteiger charge is 2.25. The summed E-state index contributed by atoms with van der Waals surface area (Å²) >= 11 is 0. The quantitative estimate of drug-likeness (QED) is 0.633. The number of nitrogens with zero attached hydrogens (tertiary/aromatic N) is 4. The Bertz CT molecular complexity index is 1180. The van der Waals surface area contributed by atoms with Crippen molar-refractivity contribution in [1.29, 1.82) is 0 Å². The van der Waals surface area contributed by atoms with Crippen LogP contribution in [0, 0.1) is 6.92 Å². The number of aromatic nitrogens is 3. The number of anilines is 2. The minimum Gasteiger partial charge on any atom is -0.329 e. The fourth-order valence-corrected chi connectivity index (χ4v) is 6.02. The Morgan fingerprint density at radius 1 is 1.10 bits per heavy atom. The summed E-state index contributed by atoms with van der Waals surface area (Å²) in [7, 11) is -3.46. The van der Waals surface area contributed by atoms with E-state index in [1.807, 2.05) is 6.20 Å². The van der Waals surface area contributed by atoms with E-state index in [0.717, 1.165) is 16.7 Å². The first-order chi connectivity index (χ1) is 15.0. The normalized spacial score (nSPS) is 18.6. The molecule has 5 rings (SSSR count). The van der Waals surface area contributed by atoms with Crippen LogP contribution in [0.3, 0.4) is 0 Å². The topological polar surface area (TPSA) is 92.2 Å². The highest BCUT2D eigenvalue weighted by molar-refractivity contribution is 7.89. The molecule has 3 heterocycles. The van der Waals surface area contributed by atoms with Gasteiger partial charge in [-0.2, -0.15) is 9.29 Å². The average Bonchev–Trinajstić information content (AvgIpc) is 3.43. The minimum absolute atomic E-state index is 0.307. The predicted molar refractivity (Wildman–Crippen MR) is 121 cm³/mol. The molecule has 0 bridgehead atoms. The van der Waals surface area contributed by atoms with E-state index in [-0.39, 0.29) is 0 Å². The zero-order valence-corrected chi connectivity index (χ0v) is 18.5. The van der Waals surface area contributed by atoms with Crippen LogP contribution < -0.4 is 10.6 Å². The summed E-state index contributed by atoms with van der Waals surface area (Å²) in [5.74, 6) is 0.516. The number of nitrogens with one attached hydrogen (secondary N) is 2. The van der Waals surface area contributed by atoms with E-state index >= 15 is 0 Å². The highest BCUT2D eigenvalue weighted by Crippen LogP contribution is 2.33. The van der Waals surface area contributed by atoms with Gasteiger partial charge in [-0.1, -0.05) is 12.8 Å². The average molecular weight is 441 g/mol. The smallest absolute Gasteiger partial charge is 0.243 e. The molecule has 0 atom stereocenters. The van der Waals surface area contributed by atoms with Crippen molar-refractivity contribution in [3.05, 3.63) is 42.2 Å². The van der Waals surface area contributed by atoms with Gasteiger partial charge < -0.3 is 15.2 Å². The molecule has 2 aliphatic rings. The Balaban J connectivity index is 1.38. The summed E-state index contributed by atoms with van der Waals surface area (Å²) < 4.78 is 29.5. The number of hydrogen-bond acceptors (Lipinski definition) is 6. The van der Waals surface area contributed by atoms with Gasteiger partial charge in [-0.05, 0) is 49.6 Å². The van der Waals surface area contributed by atoms with Crippen LogP contribution in [0.15, 0.2) is 41.6 Å². The second-order valence-electron chi connectivity index (χ2n) is 8.39. The molecular weight excluding hydrogens is 412 g/mol. The number of rotatable bonds is 5. The third-order valence-corrected chi connectivity index (χ3v) is 8.23. The molecule has 0 amide bonds. The fraction of sp³-hybridized carbons (Fsp3) is 0.455. The number of fused-ring (bicyclic) bond motifs is 1. The van der Waals surface area contributed by atoms with Crippen LogP contribution in [0.2, 0.25) is 0 Å². The largest absolute Gasteiger partial charge is 0.329 e. The van der Waals surface area contributed by atoms with Crippen LogP contribution in [0.25, 0.3) is 11.0 Å². The van der Waals surface area contributed by atoms with Crippen molar-refractivity contribution >= 4 is 32.7 Å². The van der Waals surface area contributed by atoms with Crippen molar-refractivity contribution < 1.29 is 8.42 Å². The fourth-order valence-electron chi connectivity index (χ4n) is 4.58. The van der Waals surface area contributed by atoms with Crippen molar-refractivity contribution in [2.75, 3.05) is 31.5 Å². The lowest BCUT2D eigenvalue weighted by Crippen LogP contribution is -2.46. The molecule has 164 valence electrons. The molecule has 1 aliphatic heterocycles. The Labute approximate surface area is 182 Å². The van der Waals surface area contributed by atoms with Crippen LogP contribution in [0.5, 0.6) is 0 Å². The van der Waals surface area contributed by atoms with E-state index in [1.165, 1.54) is 35.6 Å². The van der Waals surface area contributed by atoms with Crippen molar-refractivity contribution in [3.8, 4) is 0 Å². The molecule has 1 saturated heterocycles. The maximum Gasteiger partial charge on any atom is 0.243 e. The van der Waals surface area contributed by atoms with Gasteiger partial charge in [0, 0.05) is 55.7 Å². The molecule has 31 heavy (non-hydrogen) atoms. The first kappa shape index (κ1) is 20.4. The Kier molecular flexibility index (Phi) is 5.41. The van der Waals surface area contributed by atoms with E-state index in [0.29, 0.717) is 43.1 Å². The number of sulfonamides is 1. The lowest BCUT2D eigenvalue weighted by Gasteiger charge is -2.26. The number of hydrogen-bond donors (Lipinski definition) is 2. The molecule has 2 aromatic heterocycles. The Hall–Kier alpha value is -2.49. The van der Waals surface area contributed by atoms with Gasteiger partial charge in [0.05, 0.1) is 4.90 Å². The first-order valence-corrected chi connectivity index (χ1v) is 12.4. The summed E-state index contributed by atoms with van der Waals surface area (Å²) in [6.45, 7) is 4.45. The molecule has 2 fully saturated rings. The molecule has 0 unspecified atom stereocenters. The lowest BCUT2D eigenvalue weighted by atomic mass is 10.2. The molecule has 1 aliphatic carbocycles. The van der Waals surface area contributed by atoms with Gasteiger partial charge in [-0.25, -0.2) is 13.4 Å². The lowest BCUT2D eigenvalue weighted by molar-refractivity contribution is 0.360. The summed E-state index contributed by atoms with van der Waals surface area (Å²) in [6, 6.07) is 7.33. The molecule has 1 aromatic carbocycles. The third-order valence-electron chi connectivity index (χ3n) is 6.31. The van der Waals surface area contributed by atoms with Gasteiger partial charge in [-0.15, -0.1) is 0 Å². The molecule has 8 nitrogen and oxygen atoms in total. The summed E-state index contributed by atoms with van der Waals surface area (Å²) in [6.07, 6.45) is 8.98. The SMILES string of the molecule is Cc1cn(C2CCCC2)c2nc(Nc3ccc(S(=O)(=O)N4CCNCC4)cc3)ncc12. The van der Waals surface area contributed by atoms with E-state index in [9.17, 15) is 8.42 Å². The van der Waals surface area contributed by atoms with Crippen LogP contribution in [-0.2, 0) is 10.0 Å². The maximum absolute atomic E-state index is 12.8. The molecule has 1 saturated carbocycles. The van der Waals surface area contributed by atoms with E-state index in [2.05, 4.69) is 33.3 Å². The molecule has 2 N–H and O–H groups in total. The van der Waals surface area contributed by atoms with Gasteiger partial charge >= 0.3 is 0 Å². The van der Waals surface area contributed by atoms with Gasteiger partial charge in [-0.3, -0.25) is 0 Å². The summed E-state index contributed by atoms with van der Waals surface area (Å²) in [4.78, 5) is 9.57. The third kappa shape index (κ3) is 3.93. The van der Waals surface area contributed by atoms with Crippen LogP contribution in [-0.4, -0.2) is 53.4 Å². The van der Waals surface area contributed by atoms with E-state index < -0.39 is 10.0 Å². The zero-order chi connectivity index (χ0) is 21.4. The van der Waals surface area contributed by atoms with Gasteiger partial charge in [0.2, 0.25) is 16.0 Å². The maximum atomic E-state index is 12.8. The molecule has 0 radical (unpaired) electrons. The van der Waals surface area contributed by atoms with Crippen molar-refractivity contribution in [2.24, 2.45) is 0 Å². The van der Waals surface area contributed by atoms with E-state index in [4.69, 9.17) is 4.98 Å². The van der Waals surface area contributed by atoms with Crippen molar-refractivity contribution in [2.45, 2.75) is 43.5 Å². The van der Waals surface area contributed by atoms with Gasteiger partial charge in [0.25, 0.3) is 0 Å². The Morgan fingerprint density at radius 2 is 1.81 bits per heavy atom. The number of piperazine rings is 1. The number of aryl methyl sites for hydroxylation is 1. The molecule has 3 aromatic rings. The van der Waals surface area contributed by atoms with Crippen molar-refractivity contribution in [1.82, 2.24) is 24.2 Å². The predicted octanol–water partition coefficient (Wildman–Crippen LogP) is 3.19. The summed E-state index contributed by atoms with van der Waals surface area (Å²) in [5.41, 5.74) is 2.91. The molecule has 9 heteroatoms. The Morgan fingerprint density at radius 3 is 2.52 bits per heavy atom. The van der Waals surface area contributed by atoms with Gasteiger partial charge in [0.1, 0.15) is 5.65 Å². The number of benzene rings is 1. The molecular formula is C22H28N6O2S. The minimum atomic E-state index is -3.46. The summed E-state index contributed by atoms with van der Waals surface area (Å²) in [5, 5.41) is 7.48.